The minimum absolute atomic E-state index is 0.0943. The molecule has 0 amide bonds. The molecule has 1 N–H and O–H groups in total. The molecule has 1 aromatic heterocycles. The number of rotatable bonds is 11. The Morgan fingerprint density at radius 2 is 1.72 bits per heavy atom. The molecule has 0 atom stereocenters. The smallest absolute Gasteiger partial charge is 0.303 e. The number of aliphatic carboxylic acids is 1. The molecule has 0 bridgehead atoms. The number of fused-ring (bicyclic) bond motifs is 1. The van der Waals surface area contributed by atoms with E-state index in [2.05, 4.69) is 6.92 Å². The number of carboxylic acid groups (broad SMARTS) is 1. The number of unbranched alkanes of at least 4 members (excludes halogenated alkanes) is 1. The first-order chi connectivity index (χ1) is 15.3. The maximum atomic E-state index is 13.5. The Kier molecular flexibility index (Phi) is 7.29. The fraction of sp³-hybridized carbons (Fsp3) is 0.348. The average Bonchev–Trinajstić information content (AvgIpc) is 3.15. The van der Waals surface area contributed by atoms with E-state index in [4.69, 9.17) is 19.3 Å². The Morgan fingerprint density at radius 3 is 2.31 bits per heavy atom. The molecule has 1 heterocycles. The van der Waals surface area contributed by atoms with Crippen molar-refractivity contribution in [2.75, 3.05) is 20.8 Å². The van der Waals surface area contributed by atoms with Crippen LogP contribution in [0, 0.1) is 0 Å². The highest BCUT2D eigenvalue weighted by atomic mass is 32.2. The molecule has 172 valence electrons. The molecule has 0 aliphatic heterocycles. The van der Waals surface area contributed by atoms with Crippen LogP contribution < -0.4 is 14.2 Å². The summed E-state index contributed by atoms with van der Waals surface area (Å²) in [4.78, 5) is 11.2. The van der Waals surface area contributed by atoms with E-state index in [1.54, 1.807) is 24.3 Å². The molecule has 0 aliphatic carbocycles. The van der Waals surface area contributed by atoms with Crippen molar-refractivity contribution in [3.63, 3.8) is 0 Å². The standard InChI is InChI=1S/C23H27NO7S/c1-4-5-12-31-17-7-9-18(10-8-17)32(27,28)24-15-16(6-11-23(25)26)19-13-21(29-2)22(30-3)14-20(19)24/h7-10,13-15H,4-6,11-12H2,1-3H3,(H,25,26). The molecule has 0 saturated heterocycles. The summed E-state index contributed by atoms with van der Waals surface area (Å²) < 4.78 is 44.4. The van der Waals surface area contributed by atoms with Crippen LogP contribution >= 0.6 is 0 Å². The van der Waals surface area contributed by atoms with Crippen LogP contribution in [0.1, 0.15) is 31.7 Å². The largest absolute Gasteiger partial charge is 0.494 e. The summed E-state index contributed by atoms with van der Waals surface area (Å²) in [6, 6.07) is 9.51. The van der Waals surface area contributed by atoms with Crippen LogP contribution in [0.15, 0.2) is 47.5 Å². The van der Waals surface area contributed by atoms with Gasteiger partial charge in [-0.1, -0.05) is 13.3 Å². The minimum atomic E-state index is -3.95. The van der Waals surface area contributed by atoms with Crippen LogP contribution in [0.3, 0.4) is 0 Å². The monoisotopic (exact) mass is 461 g/mol. The summed E-state index contributed by atoms with van der Waals surface area (Å²) in [5.74, 6) is 0.440. The number of hydrogen-bond acceptors (Lipinski definition) is 6. The molecule has 32 heavy (non-hydrogen) atoms. The van der Waals surface area contributed by atoms with Crippen LogP contribution in [0.25, 0.3) is 10.9 Å². The van der Waals surface area contributed by atoms with Gasteiger partial charge in [0.1, 0.15) is 5.75 Å². The van der Waals surface area contributed by atoms with E-state index in [1.807, 2.05) is 0 Å². The second-order valence-electron chi connectivity index (χ2n) is 7.25. The molecule has 3 aromatic rings. The number of ether oxygens (including phenoxy) is 3. The summed E-state index contributed by atoms with van der Waals surface area (Å²) in [5, 5.41) is 9.69. The van der Waals surface area contributed by atoms with E-state index in [0.29, 0.717) is 40.3 Å². The normalized spacial score (nSPS) is 11.5. The first kappa shape index (κ1) is 23.5. The van der Waals surface area contributed by atoms with Crippen molar-refractivity contribution < 1.29 is 32.5 Å². The molecule has 2 aromatic carbocycles. The molecule has 8 nitrogen and oxygen atoms in total. The summed E-state index contributed by atoms with van der Waals surface area (Å²) in [6.07, 6.45) is 3.43. The Hall–Kier alpha value is -3.20. The van der Waals surface area contributed by atoms with Gasteiger partial charge < -0.3 is 19.3 Å². The molecule has 9 heteroatoms. The number of nitrogens with zero attached hydrogens (tertiary/aromatic N) is 1. The van der Waals surface area contributed by atoms with Crippen molar-refractivity contribution in [1.82, 2.24) is 3.97 Å². The highest BCUT2D eigenvalue weighted by molar-refractivity contribution is 7.90. The van der Waals surface area contributed by atoms with Crippen LogP contribution in [-0.4, -0.2) is 44.3 Å². The summed E-state index contributed by atoms with van der Waals surface area (Å²) in [6.45, 7) is 2.63. The minimum Gasteiger partial charge on any atom is -0.494 e. The molecule has 3 rings (SSSR count). The van der Waals surface area contributed by atoms with E-state index in [1.165, 1.54) is 32.5 Å². The SMILES string of the molecule is CCCCOc1ccc(S(=O)(=O)n2cc(CCC(=O)O)c3cc(OC)c(OC)cc32)cc1. The molecule has 0 radical (unpaired) electrons. The lowest BCUT2D eigenvalue weighted by atomic mass is 10.1. The van der Waals surface area contributed by atoms with Crippen molar-refractivity contribution in [3.05, 3.63) is 48.2 Å². The topological polar surface area (TPSA) is 104 Å². The zero-order valence-electron chi connectivity index (χ0n) is 18.3. The number of carbonyl (C=O) groups is 1. The van der Waals surface area contributed by atoms with Gasteiger partial charge in [-0.25, -0.2) is 12.4 Å². The zero-order chi connectivity index (χ0) is 23.3. The number of aryl methyl sites for hydroxylation is 1. The maximum absolute atomic E-state index is 13.5. The van der Waals surface area contributed by atoms with Gasteiger partial charge in [0.2, 0.25) is 0 Å². The van der Waals surface area contributed by atoms with Gasteiger partial charge >= 0.3 is 5.97 Å². The number of methoxy groups -OCH3 is 2. The maximum Gasteiger partial charge on any atom is 0.303 e. The van der Waals surface area contributed by atoms with Crippen molar-refractivity contribution in [2.45, 2.75) is 37.5 Å². The van der Waals surface area contributed by atoms with Gasteiger partial charge in [-0.3, -0.25) is 4.79 Å². The van der Waals surface area contributed by atoms with Gasteiger partial charge in [0.25, 0.3) is 10.0 Å². The lowest BCUT2D eigenvalue weighted by molar-refractivity contribution is -0.136. The van der Waals surface area contributed by atoms with E-state index >= 15 is 0 Å². The highest BCUT2D eigenvalue weighted by Crippen LogP contribution is 2.36. The quantitative estimate of drug-likeness (QED) is 0.429. The lowest BCUT2D eigenvalue weighted by Gasteiger charge is -2.11. The third kappa shape index (κ3) is 4.83. The molecule has 0 aliphatic rings. The lowest BCUT2D eigenvalue weighted by Crippen LogP contribution is -2.12. The fourth-order valence-electron chi connectivity index (χ4n) is 3.38. The number of benzene rings is 2. The van der Waals surface area contributed by atoms with Crippen LogP contribution in [0.4, 0.5) is 0 Å². The van der Waals surface area contributed by atoms with Crippen molar-refractivity contribution >= 4 is 26.9 Å². The van der Waals surface area contributed by atoms with Crippen LogP contribution in [0.2, 0.25) is 0 Å². The predicted octanol–water partition coefficient (Wildman–Crippen LogP) is 4.09. The van der Waals surface area contributed by atoms with Gasteiger partial charge in [0.05, 0.1) is 31.2 Å². The Morgan fingerprint density at radius 1 is 1.06 bits per heavy atom. The number of carboxylic acids is 1. The van der Waals surface area contributed by atoms with E-state index in [9.17, 15) is 13.2 Å². The third-order valence-corrected chi connectivity index (χ3v) is 6.80. The average molecular weight is 462 g/mol. The molecular formula is C23H27NO7S. The van der Waals surface area contributed by atoms with Gasteiger partial charge in [-0.2, -0.15) is 0 Å². The Labute approximate surface area is 187 Å². The van der Waals surface area contributed by atoms with Gasteiger partial charge in [-0.05, 0) is 48.7 Å². The Bertz CT molecular complexity index is 1200. The summed E-state index contributed by atoms with van der Waals surface area (Å²) in [7, 11) is -1.00. The molecule has 0 saturated carbocycles. The Balaban J connectivity index is 2.08. The predicted molar refractivity (Wildman–Crippen MR) is 120 cm³/mol. The fourth-order valence-corrected chi connectivity index (χ4v) is 4.77. The van der Waals surface area contributed by atoms with Gasteiger partial charge in [-0.15, -0.1) is 0 Å². The van der Waals surface area contributed by atoms with Crippen molar-refractivity contribution in [3.8, 4) is 17.2 Å². The molecular weight excluding hydrogens is 434 g/mol. The second-order valence-corrected chi connectivity index (χ2v) is 9.06. The number of aromatic nitrogens is 1. The molecule has 0 fully saturated rings. The van der Waals surface area contributed by atoms with Crippen LogP contribution in [0.5, 0.6) is 17.2 Å². The van der Waals surface area contributed by atoms with Gasteiger partial charge in [0, 0.05) is 24.1 Å². The van der Waals surface area contributed by atoms with Crippen molar-refractivity contribution in [2.24, 2.45) is 0 Å². The van der Waals surface area contributed by atoms with Gasteiger partial charge in [0.15, 0.2) is 11.5 Å². The van der Waals surface area contributed by atoms with E-state index < -0.39 is 16.0 Å². The number of hydrogen-bond donors (Lipinski definition) is 1. The first-order valence-electron chi connectivity index (χ1n) is 10.3. The second kappa shape index (κ2) is 9.95. The first-order valence-corrected chi connectivity index (χ1v) is 11.7. The molecule has 0 spiro atoms. The third-order valence-electron chi connectivity index (χ3n) is 5.11. The van der Waals surface area contributed by atoms with Crippen molar-refractivity contribution in [1.29, 1.82) is 0 Å². The van der Waals surface area contributed by atoms with E-state index in [-0.39, 0.29) is 17.7 Å². The van der Waals surface area contributed by atoms with Crippen LogP contribution in [-0.2, 0) is 21.2 Å². The summed E-state index contributed by atoms with van der Waals surface area (Å²) in [5.41, 5.74) is 0.970. The molecule has 0 unspecified atom stereocenters. The summed E-state index contributed by atoms with van der Waals surface area (Å²) >= 11 is 0. The zero-order valence-corrected chi connectivity index (χ0v) is 19.1. The van der Waals surface area contributed by atoms with E-state index in [0.717, 1.165) is 16.8 Å². The highest BCUT2D eigenvalue weighted by Gasteiger charge is 2.23.